The fraction of sp³-hybridized carbons (Fsp3) is 0.533. The molecule has 2 unspecified atom stereocenters. The normalized spacial score (nSPS) is 23.4. The van der Waals surface area contributed by atoms with Crippen LogP contribution >= 0.6 is 23.4 Å². The van der Waals surface area contributed by atoms with Gasteiger partial charge in [-0.1, -0.05) is 12.5 Å². The van der Waals surface area contributed by atoms with Crippen molar-refractivity contribution in [2.75, 3.05) is 6.26 Å². The number of thioether (sulfide) groups is 1. The van der Waals surface area contributed by atoms with Gasteiger partial charge in [-0.3, -0.25) is 0 Å². The van der Waals surface area contributed by atoms with Gasteiger partial charge in [0.15, 0.2) is 5.82 Å². The molecule has 1 aromatic heterocycles. The first-order valence-corrected chi connectivity index (χ1v) is 8.81. The highest BCUT2D eigenvalue weighted by atomic mass is 35.5. The van der Waals surface area contributed by atoms with Crippen molar-refractivity contribution in [2.24, 2.45) is 0 Å². The molecule has 2 aromatic rings. The van der Waals surface area contributed by atoms with Crippen LogP contribution in [0, 0.1) is 5.82 Å². The maximum Gasteiger partial charge on any atom is 0.151 e. The largest absolute Gasteiger partial charge is 0.324 e. The van der Waals surface area contributed by atoms with Gasteiger partial charge < -0.3 is 4.57 Å². The summed E-state index contributed by atoms with van der Waals surface area (Å²) in [5.74, 6) is 0.859. The van der Waals surface area contributed by atoms with E-state index < -0.39 is 0 Å². The standard InChI is InChI=1S/C15H18ClFN2S/c1-20-11-5-2-4-10(8-11)19-13-7-3-6-12(17)15(13)18-14(19)9-16/h3,6-7,10-11H,2,4-5,8-9H2,1H3. The lowest BCUT2D eigenvalue weighted by Crippen LogP contribution is -2.21. The molecule has 0 N–H and O–H groups in total. The van der Waals surface area contributed by atoms with Crippen LogP contribution in [0.4, 0.5) is 4.39 Å². The van der Waals surface area contributed by atoms with Crippen molar-refractivity contribution in [3.05, 3.63) is 29.8 Å². The summed E-state index contributed by atoms with van der Waals surface area (Å²) in [6.45, 7) is 0. The number of para-hydroxylation sites is 1. The second kappa shape index (κ2) is 5.94. The topological polar surface area (TPSA) is 17.8 Å². The molecule has 0 aliphatic heterocycles. The first-order valence-electron chi connectivity index (χ1n) is 6.98. The number of rotatable bonds is 3. The Hall–Kier alpha value is -0.740. The number of aromatic nitrogens is 2. The van der Waals surface area contributed by atoms with E-state index >= 15 is 0 Å². The van der Waals surface area contributed by atoms with E-state index in [1.165, 1.54) is 18.9 Å². The minimum Gasteiger partial charge on any atom is -0.324 e. The lowest BCUT2D eigenvalue weighted by atomic mass is 9.94. The minimum absolute atomic E-state index is 0.259. The van der Waals surface area contributed by atoms with Gasteiger partial charge in [0.2, 0.25) is 0 Å². The predicted octanol–water partition coefficient (Wildman–Crippen LogP) is 4.76. The van der Waals surface area contributed by atoms with Crippen molar-refractivity contribution in [1.82, 2.24) is 9.55 Å². The molecule has 1 fully saturated rings. The van der Waals surface area contributed by atoms with Gasteiger partial charge in [-0.25, -0.2) is 9.37 Å². The Morgan fingerprint density at radius 3 is 3.05 bits per heavy atom. The Labute approximate surface area is 127 Å². The first kappa shape index (κ1) is 14.2. The summed E-state index contributed by atoms with van der Waals surface area (Å²) in [6, 6.07) is 5.55. The fourth-order valence-electron chi connectivity index (χ4n) is 3.20. The zero-order chi connectivity index (χ0) is 14.1. The molecule has 5 heteroatoms. The van der Waals surface area contributed by atoms with Crippen LogP contribution < -0.4 is 0 Å². The molecule has 20 heavy (non-hydrogen) atoms. The maximum absolute atomic E-state index is 13.9. The van der Waals surface area contributed by atoms with Gasteiger partial charge in [-0.15, -0.1) is 11.6 Å². The van der Waals surface area contributed by atoms with Crippen LogP contribution in [0.5, 0.6) is 0 Å². The molecule has 1 aromatic carbocycles. The summed E-state index contributed by atoms with van der Waals surface area (Å²) in [5.41, 5.74) is 1.34. The van der Waals surface area contributed by atoms with Gasteiger partial charge >= 0.3 is 0 Å². The lowest BCUT2D eigenvalue weighted by Gasteiger charge is -2.30. The predicted molar refractivity (Wildman–Crippen MR) is 84.1 cm³/mol. The zero-order valence-corrected chi connectivity index (χ0v) is 13.1. The lowest BCUT2D eigenvalue weighted by molar-refractivity contribution is 0.362. The van der Waals surface area contributed by atoms with Gasteiger partial charge in [0.25, 0.3) is 0 Å². The Morgan fingerprint density at radius 1 is 1.45 bits per heavy atom. The summed E-state index contributed by atoms with van der Waals surface area (Å²) in [4.78, 5) is 4.41. The monoisotopic (exact) mass is 312 g/mol. The molecule has 1 heterocycles. The molecular weight excluding hydrogens is 295 g/mol. The molecule has 108 valence electrons. The van der Waals surface area contributed by atoms with Crippen LogP contribution in [0.2, 0.25) is 0 Å². The second-order valence-corrected chi connectivity index (χ2v) is 6.72. The molecule has 0 amide bonds. The van der Waals surface area contributed by atoms with Crippen LogP contribution in [0.1, 0.15) is 37.5 Å². The molecule has 0 radical (unpaired) electrons. The number of nitrogens with zero attached hydrogens (tertiary/aromatic N) is 2. The molecule has 3 rings (SSSR count). The van der Waals surface area contributed by atoms with E-state index in [0.717, 1.165) is 24.2 Å². The van der Waals surface area contributed by atoms with E-state index in [1.807, 2.05) is 17.8 Å². The third-order valence-electron chi connectivity index (χ3n) is 4.16. The van der Waals surface area contributed by atoms with E-state index in [-0.39, 0.29) is 5.82 Å². The molecule has 0 spiro atoms. The maximum atomic E-state index is 13.9. The summed E-state index contributed by atoms with van der Waals surface area (Å²) in [6.07, 6.45) is 6.90. The number of alkyl halides is 1. The summed E-state index contributed by atoms with van der Waals surface area (Å²) < 4.78 is 16.1. The van der Waals surface area contributed by atoms with Crippen molar-refractivity contribution in [2.45, 2.75) is 42.9 Å². The summed E-state index contributed by atoms with van der Waals surface area (Å²) >= 11 is 7.96. The highest BCUT2D eigenvalue weighted by Gasteiger charge is 2.26. The number of imidazole rings is 1. The summed E-state index contributed by atoms with van der Waals surface area (Å²) in [7, 11) is 0. The highest BCUT2D eigenvalue weighted by Crippen LogP contribution is 2.37. The highest BCUT2D eigenvalue weighted by molar-refractivity contribution is 7.99. The van der Waals surface area contributed by atoms with Crippen molar-refractivity contribution in [1.29, 1.82) is 0 Å². The average molecular weight is 313 g/mol. The quantitative estimate of drug-likeness (QED) is 0.760. The smallest absolute Gasteiger partial charge is 0.151 e. The number of fused-ring (bicyclic) bond motifs is 1. The van der Waals surface area contributed by atoms with E-state index in [1.54, 1.807) is 6.07 Å². The van der Waals surface area contributed by atoms with Crippen molar-refractivity contribution in [3.63, 3.8) is 0 Å². The third-order valence-corrected chi connectivity index (χ3v) is 5.49. The number of benzene rings is 1. The van der Waals surface area contributed by atoms with E-state index in [9.17, 15) is 4.39 Å². The second-order valence-electron chi connectivity index (χ2n) is 5.32. The molecule has 0 saturated heterocycles. The molecule has 2 atom stereocenters. The molecule has 2 nitrogen and oxygen atoms in total. The van der Waals surface area contributed by atoms with Crippen LogP contribution in [0.3, 0.4) is 0 Å². The van der Waals surface area contributed by atoms with Gasteiger partial charge in [0.1, 0.15) is 11.3 Å². The van der Waals surface area contributed by atoms with Crippen molar-refractivity contribution >= 4 is 34.4 Å². The number of hydrogen-bond donors (Lipinski definition) is 0. The van der Waals surface area contributed by atoms with Gasteiger partial charge in [0, 0.05) is 11.3 Å². The fourth-order valence-corrected chi connectivity index (χ4v) is 4.21. The average Bonchev–Trinajstić information content (AvgIpc) is 2.87. The Kier molecular flexibility index (Phi) is 4.22. The Morgan fingerprint density at radius 2 is 2.30 bits per heavy atom. The van der Waals surface area contributed by atoms with Gasteiger partial charge in [-0.05, 0) is 37.7 Å². The third kappa shape index (κ3) is 2.44. The van der Waals surface area contributed by atoms with Crippen molar-refractivity contribution < 1.29 is 4.39 Å². The molecule has 1 aliphatic rings. The van der Waals surface area contributed by atoms with Crippen LogP contribution in [0.15, 0.2) is 18.2 Å². The van der Waals surface area contributed by atoms with Crippen LogP contribution in [-0.4, -0.2) is 21.1 Å². The van der Waals surface area contributed by atoms with Crippen LogP contribution in [-0.2, 0) is 5.88 Å². The molecule has 1 saturated carbocycles. The van der Waals surface area contributed by atoms with E-state index in [2.05, 4.69) is 15.8 Å². The number of hydrogen-bond acceptors (Lipinski definition) is 2. The summed E-state index contributed by atoms with van der Waals surface area (Å²) in [5, 5.41) is 0.683. The van der Waals surface area contributed by atoms with E-state index in [0.29, 0.717) is 22.7 Å². The Balaban J connectivity index is 2.07. The van der Waals surface area contributed by atoms with Gasteiger partial charge in [0.05, 0.1) is 11.4 Å². The number of halogens is 2. The molecule has 0 bridgehead atoms. The van der Waals surface area contributed by atoms with Crippen molar-refractivity contribution in [3.8, 4) is 0 Å². The van der Waals surface area contributed by atoms with Gasteiger partial charge in [-0.2, -0.15) is 11.8 Å². The molecule has 1 aliphatic carbocycles. The SMILES string of the molecule is CSC1CCCC(n2c(CCl)nc3c(F)cccc32)C1. The minimum atomic E-state index is -0.259. The molecular formula is C15H18ClFN2S. The van der Waals surface area contributed by atoms with E-state index in [4.69, 9.17) is 11.6 Å². The Bertz CT molecular complexity index is 613. The van der Waals surface area contributed by atoms with Crippen LogP contribution in [0.25, 0.3) is 11.0 Å². The first-order chi connectivity index (χ1) is 9.74. The zero-order valence-electron chi connectivity index (χ0n) is 11.5.